The number of ether oxygens (including phenoxy) is 2. The van der Waals surface area contributed by atoms with Gasteiger partial charge in [0.2, 0.25) is 0 Å². The molecule has 5 rings (SSSR count). The summed E-state index contributed by atoms with van der Waals surface area (Å²) >= 11 is 2.15. The molecule has 8 heteroatoms. The molecule has 0 unspecified atom stereocenters. The van der Waals surface area contributed by atoms with Crippen molar-refractivity contribution < 1.29 is 13.9 Å². The number of nitrogens with zero attached hydrogens (tertiary/aromatic N) is 4. The lowest BCUT2D eigenvalue weighted by molar-refractivity contribution is -0.00504. The van der Waals surface area contributed by atoms with E-state index in [0.717, 1.165) is 59.3 Å². The Bertz CT molecular complexity index is 855. The van der Waals surface area contributed by atoms with Gasteiger partial charge in [-0.3, -0.25) is 4.90 Å². The number of hydrogen-bond donors (Lipinski definition) is 0. The van der Waals surface area contributed by atoms with E-state index in [2.05, 4.69) is 42.5 Å². The first kappa shape index (κ1) is 18.9. The van der Waals surface area contributed by atoms with E-state index >= 15 is 0 Å². The van der Waals surface area contributed by atoms with Crippen LogP contribution < -0.4 is 0 Å². The van der Waals surface area contributed by atoms with Crippen LogP contribution in [0.2, 0.25) is 0 Å². The Hall–Kier alpha value is -1.10. The molecule has 3 aliphatic heterocycles. The number of aromatic nitrogens is 3. The van der Waals surface area contributed by atoms with Crippen LogP contribution in [-0.2, 0) is 16.1 Å². The van der Waals surface area contributed by atoms with Crippen molar-refractivity contribution >= 4 is 22.6 Å². The lowest BCUT2D eigenvalue weighted by Crippen LogP contribution is -2.32. The highest BCUT2D eigenvalue weighted by atomic mass is 127. The molecule has 2 aromatic rings. The van der Waals surface area contributed by atoms with Crippen molar-refractivity contribution in [3.8, 4) is 11.3 Å². The molecule has 28 heavy (non-hydrogen) atoms. The van der Waals surface area contributed by atoms with Crippen molar-refractivity contribution in [1.82, 2.24) is 19.9 Å². The zero-order valence-electron chi connectivity index (χ0n) is 15.7. The van der Waals surface area contributed by atoms with E-state index in [4.69, 9.17) is 9.47 Å². The fourth-order valence-electron chi connectivity index (χ4n) is 4.61. The molecule has 3 aliphatic rings. The van der Waals surface area contributed by atoms with E-state index < -0.39 is 0 Å². The minimum atomic E-state index is -0.235. The third-order valence-corrected chi connectivity index (χ3v) is 7.13. The number of hydrogen-bond acceptors (Lipinski definition) is 5. The molecule has 2 saturated heterocycles. The van der Waals surface area contributed by atoms with Gasteiger partial charge in [0.25, 0.3) is 0 Å². The van der Waals surface area contributed by atoms with Crippen LogP contribution in [0.3, 0.4) is 0 Å². The van der Waals surface area contributed by atoms with Gasteiger partial charge >= 0.3 is 0 Å². The molecule has 150 valence electrons. The zero-order chi connectivity index (χ0) is 19.1. The lowest BCUT2D eigenvalue weighted by Gasteiger charge is -2.26. The second-order valence-electron chi connectivity index (χ2n) is 7.97. The van der Waals surface area contributed by atoms with Gasteiger partial charge in [-0.25, -0.2) is 9.07 Å². The lowest BCUT2D eigenvalue weighted by atomic mass is 9.96. The van der Waals surface area contributed by atoms with Gasteiger partial charge in [0, 0.05) is 35.4 Å². The van der Waals surface area contributed by atoms with Crippen molar-refractivity contribution in [1.29, 1.82) is 0 Å². The number of halogens is 2. The van der Waals surface area contributed by atoms with Crippen molar-refractivity contribution in [2.45, 2.75) is 38.0 Å². The van der Waals surface area contributed by atoms with E-state index in [-0.39, 0.29) is 18.0 Å². The second kappa shape index (κ2) is 7.97. The number of fused-ring (bicyclic) bond motifs is 3. The Balaban J connectivity index is 1.30. The van der Waals surface area contributed by atoms with Crippen LogP contribution in [-0.4, -0.2) is 58.8 Å². The first-order chi connectivity index (χ1) is 13.7. The van der Waals surface area contributed by atoms with E-state index in [1.165, 1.54) is 31.4 Å². The Labute approximate surface area is 177 Å². The fraction of sp³-hybridized carbons (Fsp3) is 0.600. The number of benzene rings is 1. The second-order valence-corrected chi connectivity index (χ2v) is 9.14. The van der Waals surface area contributed by atoms with Crippen molar-refractivity contribution in [3.63, 3.8) is 0 Å². The molecule has 0 aliphatic carbocycles. The summed E-state index contributed by atoms with van der Waals surface area (Å²) in [7, 11) is 0. The largest absolute Gasteiger partial charge is 0.381 e. The molecule has 0 saturated carbocycles. The van der Waals surface area contributed by atoms with Gasteiger partial charge in [-0.1, -0.05) is 5.21 Å². The van der Waals surface area contributed by atoms with E-state index in [0.29, 0.717) is 6.61 Å². The molecule has 2 atom stereocenters. The van der Waals surface area contributed by atoms with Gasteiger partial charge in [0.05, 0.1) is 24.4 Å². The average Bonchev–Trinajstić information content (AvgIpc) is 3.31. The van der Waals surface area contributed by atoms with E-state index in [9.17, 15) is 4.39 Å². The van der Waals surface area contributed by atoms with Crippen LogP contribution >= 0.6 is 22.6 Å². The molecule has 2 fully saturated rings. The van der Waals surface area contributed by atoms with Crippen LogP contribution in [0.15, 0.2) is 18.2 Å². The SMILES string of the molecule is Fc1ccc(-c2nnn3c2CO[C@@H]2CN(CCC4CCOCC4)C[C@H]23)c(I)c1. The highest BCUT2D eigenvalue weighted by molar-refractivity contribution is 14.1. The molecular weight excluding hydrogens is 474 g/mol. The van der Waals surface area contributed by atoms with Gasteiger partial charge in [-0.15, -0.1) is 5.10 Å². The first-order valence-corrected chi connectivity index (χ1v) is 11.1. The summed E-state index contributed by atoms with van der Waals surface area (Å²) in [5, 5.41) is 8.91. The van der Waals surface area contributed by atoms with Crippen molar-refractivity contribution in [3.05, 3.63) is 33.3 Å². The Morgan fingerprint density at radius 1 is 1.21 bits per heavy atom. The predicted molar refractivity (Wildman–Crippen MR) is 110 cm³/mol. The summed E-state index contributed by atoms with van der Waals surface area (Å²) in [5.41, 5.74) is 2.72. The minimum Gasteiger partial charge on any atom is -0.381 e. The predicted octanol–water partition coefficient (Wildman–Crippen LogP) is 3.26. The smallest absolute Gasteiger partial charge is 0.124 e. The summed E-state index contributed by atoms with van der Waals surface area (Å²) in [6.07, 6.45) is 3.77. The molecule has 6 nitrogen and oxygen atoms in total. The van der Waals surface area contributed by atoms with Gasteiger partial charge < -0.3 is 9.47 Å². The third kappa shape index (κ3) is 3.59. The Morgan fingerprint density at radius 3 is 2.89 bits per heavy atom. The normalized spacial score (nSPS) is 25.6. The molecule has 4 heterocycles. The van der Waals surface area contributed by atoms with Crippen LogP contribution in [0.25, 0.3) is 11.3 Å². The summed E-state index contributed by atoms with van der Waals surface area (Å²) in [6, 6.07) is 4.99. The quantitative estimate of drug-likeness (QED) is 0.606. The summed E-state index contributed by atoms with van der Waals surface area (Å²) < 4.78 is 28.0. The van der Waals surface area contributed by atoms with Crippen LogP contribution in [0, 0.1) is 15.3 Å². The van der Waals surface area contributed by atoms with Crippen molar-refractivity contribution in [2.75, 3.05) is 32.8 Å². The summed E-state index contributed by atoms with van der Waals surface area (Å²) in [4.78, 5) is 2.50. The zero-order valence-corrected chi connectivity index (χ0v) is 17.8. The minimum absolute atomic E-state index is 0.170. The summed E-state index contributed by atoms with van der Waals surface area (Å²) in [5.74, 6) is 0.549. The highest BCUT2D eigenvalue weighted by Crippen LogP contribution is 2.36. The maximum Gasteiger partial charge on any atom is 0.124 e. The van der Waals surface area contributed by atoms with Crippen molar-refractivity contribution in [2.24, 2.45) is 5.92 Å². The van der Waals surface area contributed by atoms with E-state index in [1.807, 2.05) is 0 Å². The van der Waals surface area contributed by atoms with Gasteiger partial charge in [-0.05, 0) is 72.5 Å². The molecule has 0 radical (unpaired) electrons. The Morgan fingerprint density at radius 2 is 2.07 bits per heavy atom. The molecule has 1 aromatic heterocycles. The molecular formula is C20H24FIN4O2. The van der Waals surface area contributed by atoms with E-state index in [1.54, 1.807) is 6.07 Å². The topological polar surface area (TPSA) is 52.4 Å². The highest BCUT2D eigenvalue weighted by Gasteiger charge is 2.40. The first-order valence-electron chi connectivity index (χ1n) is 10.00. The third-order valence-electron chi connectivity index (χ3n) is 6.23. The maximum absolute atomic E-state index is 13.5. The Kier molecular flexibility index (Phi) is 5.38. The maximum atomic E-state index is 13.5. The molecule has 1 aromatic carbocycles. The van der Waals surface area contributed by atoms with Gasteiger partial charge in [0.1, 0.15) is 11.5 Å². The van der Waals surface area contributed by atoms with Gasteiger partial charge in [0.15, 0.2) is 0 Å². The molecule has 0 spiro atoms. The summed E-state index contributed by atoms with van der Waals surface area (Å²) in [6.45, 7) is 5.33. The monoisotopic (exact) mass is 498 g/mol. The molecule has 0 N–H and O–H groups in total. The average molecular weight is 498 g/mol. The van der Waals surface area contributed by atoms with Crippen LogP contribution in [0.5, 0.6) is 0 Å². The van der Waals surface area contributed by atoms with Gasteiger partial charge in [-0.2, -0.15) is 0 Å². The number of rotatable bonds is 4. The van der Waals surface area contributed by atoms with Crippen LogP contribution in [0.4, 0.5) is 4.39 Å². The molecule has 0 bridgehead atoms. The fourth-order valence-corrected chi connectivity index (χ4v) is 5.34. The number of likely N-dealkylation sites (tertiary alicyclic amines) is 1. The van der Waals surface area contributed by atoms with Crippen LogP contribution in [0.1, 0.15) is 31.0 Å². The molecule has 0 amide bonds. The standard InChI is InChI=1S/C20H24FIN4O2/c21-14-1-2-15(16(22)9-14)20-18-12-28-19-11-25(10-17(19)26(18)24-23-20)6-3-13-4-7-27-8-5-13/h1-2,9,13,17,19H,3-8,10-12H2/t17-,19-/m1/s1.